The monoisotopic (exact) mass is 853 g/mol. The van der Waals surface area contributed by atoms with E-state index < -0.39 is 95.4 Å². The fourth-order valence-corrected chi connectivity index (χ4v) is 11.2. The molecule has 0 spiro atoms. The van der Waals surface area contributed by atoms with Crippen LogP contribution in [0, 0.1) is 22.7 Å². The van der Waals surface area contributed by atoms with E-state index in [9.17, 15) is 29.1 Å². The van der Waals surface area contributed by atoms with Gasteiger partial charge in [0.25, 0.3) is 0 Å². The number of nitrogens with two attached hydrogens (primary N) is 1. The van der Waals surface area contributed by atoms with Gasteiger partial charge >= 0.3 is 11.9 Å². The fraction of sp³-hybridized carbons (Fsp3) is 0.489. The summed E-state index contributed by atoms with van der Waals surface area (Å²) in [4.78, 5) is 69.1. The summed E-state index contributed by atoms with van der Waals surface area (Å²) in [5.74, 6) is -5.66. The van der Waals surface area contributed by atoms with Crippen molar-refractivity contribution in [3.8, 4) is 0 Å². The molecule has 2 aromatic carbocycles. The van der Waals surface area contributed by atoms with Crippen molar-refractivity contribution in [1.82, 2.24) is 4.98 Å². The second-order valence-corrected chi connectivity index (χ2v) is 18.0. The number of aromatic nitrogens is 1. The van der Waals surface area contributed by atoms with Crippen LogP contribution in [0.5, 0.6) is 0 Å². The number of allylic oxidation sites excluding steroid dienone is 4. The third kappa shape index (κ3) is 7.26. The summed E-state index contributed by atoms with van der Waals surface area (Å²) in [6.07, 6.45) is 6.50. The highest BCUT2D eigenvalue weighted by Crippen LogP contribution is 2.72. The Bertz CT molecular complexity index is 2370. The average molecular weight is 854 g/mol. The van der Waals surface area contributed by atoms with Crippen molar-refractivity contribution >= 4 is 45.9 Å². The quantitative estimate of drug-likeness (QED) is 0.195. The first kappa shape index (κ1) is 43.5. The van der Waals surface area contributed by atoms with Crippen LogP contribution in [0.2, 0.25) is 0 Å². The molecule has 4 N–H and O–H groups in total. The summed E-state index contributed by atoms with van der Waals surface area (Å²) in [6.45, 7) is 4.96. The predicted octanol–water partition coefficient (Wildman–Crippen LogP) is 4.96. The van der Waals surface area contributed by atoms with Crippen molar-refractivity contribution in [3.63, 3.8) is 0 Å². The standard InChI is InChI=1S/C47H52FN3O11/c1-43(2)61-39-19-36-35-12-10-31-18-33(52)13-15-44(31,3)46(35,48)37(53)20-45(36,4)47(39,62-43)38(54)24-60-41(56)26-58-25-40(55)59-23-27-5-7-28(8-6-27)34(21-49)42(57)51-32-11-9-30-22-50-16-14-29(30)17-32/h5-9,11,13-18,22,34-37,39,53H,10,12,19-21,23-26,49H2,1-4H3,(H,51,57)/t34-,35+,36+,37+,39-,44+,45+,46+,47-/m1/s1. The number of benzene rings is 2. The molecule has 0 bridgehead atoms. The lowest BCUT2D eigenvalue weighted by molar-refractivity contribution is -0.246. The van der Waals surface area contributed by atoms with Crippen molar-refractivity contribution in [3.05, 3.63) is 95.9 Å². The number of Topliss-reactive ketones (excluding diaryl/α,β-unsaturated/α-hetero) is 1. The Labute approximate surface area is 358 Å². The number of carbonyl (C=O) groups is 5. The molecule has 1 aromatic heterocycles. The Hall–Kier alpha value is -5.19. The van der Waals surface area contributed by atoms with Gasteiger partial charge < -0.3 is 39.8 Å². The van der Waals surface area contributed by atoms with Gasteiger partial charge in [0.05, 0.1) is 18.1 Å². The molecule has 0 radical (unpaired) electrons. The van der Waals surface area contributed by atoms with Gasteiger partial charge in [-0.15, -0.1) is 0 Å². The van der Waals surface area contributed by atoms with Gasteiger partial charge in [-0.1, -0.05) is 48.9 Å². The zero-order valence-corrected chi connectivity index (χ0v) is 35.2. The number of aliphatic hydroxyl groups is 1. The average Bonchev–Trinajstić information content (AvgIpc) is 3.65. The highest BCUT2D eigenvalue weighted by molar-refractivity contribution is 6.01. The van der Waals surface area contributed by atoms with Crippen LogP contribution >= 0.6 is 0 Å². The molecule has 5 aliphatic rings. The van der Waals surface area contributed by atoms with Crippen LogP contribution in [0.4, 0.5) is 10.1 Å². The molecule has 4 fully saturated rings. The number of amides is 1. The molecule has 8 rings (SSSR count). The molecule has 1 saturated heterocycles. The Morgan fingerprint density at radius 3 is 2.47 bits per heavy atom. The lowest BCUT2D eigenvalue weighted by atomic mass is 9.44. The number of pyridine rings is 1. The molecule has 1 amide bonds. The van der Waals surface area contributed by atoms with Crippen molar-refractivity contribution in [2.45, 2.75) is 95.2 Å². The van der Waals surface area contributed by atoms with Gasteiger partial charge in [0.2, 0.25) is 11.7 Å². The second kappa shape index (κ2) is 16.2. The highest BCUT2D eigenvalue weighted by atomic mass is 19.1. The van der Waals surface area contributed by atoms with Gasteiger partial charge in [0, 0.05) is 46.8 Å². The van der Waals surface area contributed by atoms with E-state index in [1.165, 1.54) is 12.2 Å². The molecule has 328 valence electrons. The topological polar surface area (TPSA) is 203 Å². The first-order valence-corrected chi connectivity index (χ1v) is 21.0. The summed E-state index contributed by atoms with van der Waals surface area (Å²) in [6, 6.07) is 14.3. The van der Waals surface area contributed by atoms with Crippen molar-refractivity contribution in [1.29, 1.82) is 0 Å². The number of ether oxygens (including phenoxy) is 5. The van der Waals surface area contributed by atoms with Crippen LogP contribution < -0.4 is 11.1 Å². The number of hydrogen-bond donors (Lipinski definition) is 3. The summed E-state index contributed by atoms with van der Waals surface area (Å²) in [7, 11) is 0. The number of anilines is 1. The van der Waals surface area contributed by atoms with Crippen LogP contribution in [-0.2, 0) is 54.3 Å². The number of rotatable bonds is 13. The van der Waals surface area contributed by atoms with E-state index in [-0.39, 0.29) is 37.7 Å². The molecule has 62 heavy (non-hydrogen) atoms. The molecule has 14 nitrogen and oxygen atoms in total. The predicted molar refractivity (Wildman–Crippen MR) is 222 cm³/mol. The van der Waals surface area contributed by atoms with Crippen molar-refractivity contribution in [2.75, 3.05) is 31.7 Å². The number of fused-ring (bicyclic) bond motifs is 8. The van der Waals surface area contributed by atoms with E-state index in [1.807, 2.05) is 25.1 Å². The largest absolute Gasteiger partial charge is 0.459 e. The lowest BCUT2D eigenvalue weighted by Gasteiger charge is -2.62. The van der Waals surface area contributed by atoms with Crippen LogP contribution in [0.15, 0.2) is 84.7 Å². The van der Waals surface area contributed by atoms with Gasteiger partial charge in [0.1, 0.15) is 19.8 Å². The van der Waals surface area contributed by atoms with E-state index >= 15 is 4.39 Å². The Morgan fingerprint density at radius 1 is 0.984 bits per heavy atom. The maximum Gasteiger partial charge on any atom is 0.332 e. The highest BCUT2D eigenvalue weighted by Gasteiger charge is 2.80. The van der Waals surface area contributed by atoms with Crippen LogP contribution in [0.1, 0.15) is 70.4 Å². The first-order chi connectivity index (χ1) is 29.4. The Balaban J connectivity index is 0.827. The third-order valence-corrected chi connectivity index (χ3v) is 14.1. The summed E-state index contributed by atoms with van der Waals surface area (Å²) < 4.78 is 46.4. The maximum atomic E-state index is 17.7. The molecule has 0 unspecified atom stereocenters. The van der Waals surface area contributed by atoms with E-state index in [4.69, 9.17) is 29.4 Å². The minimum Gasteiger partial charge on any atom is -0.459 e. The summed E-state index contributed by atoms with van der Waals surface area (Å²) >= 11 is 0. The van der Waals surface area contributed by atoms with E-state index in [2.05, 4.69) is 10.3 Å². The fourth-order valence-electron chi connectivity index (χ4n) is 11.2. The molecule has 9 atom stereocenters. The number of carbonyl (C=O) groups excluding carboxylic acids is 5. The molecule has 2 heterocycles. The SMILES string of the molecule is CC1(C)O[C@@H]2C[C@H]3[C@@H]4CCC5=CC(=O)C=C[C@]5(C)[C@@]4(F)[C@@H](O)C[C@]3(C)[C@]2(C(=O)COC(=O)COCC(=O)OCc2ccc([C@@H](CN)C(=O)Nc3ccc4cnccc4c3)cc2)O1. The molecule has 1 aliphatic heterocycles. The number of nitrogens with one attached hydrogen (secondary N) is 1. The first-order valence-electron chi connectivity index (χ1n) is 21.0. The smallest absolute Gasteiger partial charge is 0.332 e. The van der Waals surface area contributed by atoms with Gasteiger partial charge in [-0.05, 0) is 99.2 Å². The molecule has 4 aliphatic carbocycles. The maximum absolute atomic E-state index is 17.7. The zero-order valence-electron chi connectivity index (χ0n) is 35.2. The number of hydrogen-bond acceptors (Lipinski definition) is 13. The summed E-state index contributed by atoms with van der Waals surface area (Å²) in [5, 5.41) is 16.6. The number of esters is 2. The van der Waals surface area contributed by atoms with Crippen molar-refractivity contribution in [2.24, 2.45) is 28.4 Å². The van der Waals surface area contributed by atoms with Gasteiger partial charge in [-0.25, -0.2) is 14.0 Å². The van der Waals surface area contributed by atoms with Crippen LogP contribution in [-0.4, -0.2) is 95.1 Å². The number of ketones is 2. The minimum absolute atomic E-state index is 0.0703. The third-order valence-electron chi connectivity index (χ3n) is 14.1. The Kier molecular flexibility index (Phi) is 11.3. The summed E-state index contributed by atoms with van der Waals surface area (Å²) in [5.41, 5.74) is 2.52. The number of aliphatic hydroxyl groups excluding tert-OH is 1. The zero-order chi connectivity index (χ0) is 44.2. The molecular weight excluding hydrogens is 802 g/mol. The van der Waals surface area contributed by atoms with Gasteiger partial charge in [-0.3, -0.25) is 19.4 Å². The van der Waals surface area contributed by atoms with Gasteiger partial charge in [0.15, 0.2) is 29.4 Å². The Morgan fingerprint density at radius 2 is 1.73 bits per heavy atom. The normalized spacial score (nSPS) is 32.1. The molecular formula is C47H52FN3O11. The number of alkyl halides is 1. The van der Waals surface area contributed by atoms with E-state index in [1.54, 1.807) is 69.6 Å². The second-order valence-electron chi connectivity index (χ2n) is 18.0. The number of nitrogens with zero attached hydrogens (tertiary/aromatic N) is 1. The molecule has 15 heteroatoms. The number of halogens is 1. The van der Waals surface area contributed by atoms with E-state index in [0.29, 0.717) is 35.2 Å². The van der Waals surface area contributed by atoms with E-state index in [0.717, 1.165) is 10.8 Å². The lowest BCUT2D eigenvalue weighted by Crippen LogP contribution is -2.70. The molecule has 3 aromatic rings. The van der Waals surface area contributed by atoms with Crippen LogP contribution in [0.25, 0.3) is 10.8 Å². The minimum atomic E-state index is -2.11. The molecule has 3 saturated carbocycles. The van der Waals surface area contributed by atoms with Gasteiger partial charge in [-0.2, -0.15) is 0 Å². The van der Waals surface area contributed by atoms with Crippen LogP contribution in [0.3, 0.4) is 0 Å². The van der Waals surface area contributed by atoms with Crippen molar-refractivity contribution < 1.29 is 57.2 Å².